The fourth-order valence-electron chi connectivity index (χ4n) is 1.98. The van der Waals surface area contributed by atoms with Crippen LogP contribution < -0.4 is 4.74 Å². The van der Waals surface area contributed by atoms with Crippen LogP contribution in [0.4, 0.5) is 0 Å². The summed E-state index contributed by atoms with van der Waals surface area (Å²) in [6.45, 7) is 6.76. The second-order valence-electron chi connectivity index (χ2n) is 5.03. The van der Waals surface area contributed by atoms with E-state index in [2.05, 4.69) is 35.1 Å². The van der Waals surface area contributed by atoms with Crippen LogP contribution in [0.5, 0.6) is 5.75 Å². The topological polar surface area (TPSA) is 21.6 Å². The van der Waals surface area contributed by atoms with Crippen LogP contribution in [0.1, 0.15) is 31.9 Å². The minimum atomic E-state index is 0.228. The summed E-state index contributed by atoms with van der Waals surface area (Å²) < 4.78 is 5.49. The maximum absolute atomic E-state index is 5.49. The molecule has 0 fully saturated rings. The number of nitrogens with zero attached hydrogens (tertiary/aromatic N) is 1. The first-order valence-corrected chi connectivity index (χ1v) is 7.32. The first-order valence-electron chi connectivity index (χ1n) is 7.32. The first-order chi connectivity index (χ1) is 10.2. The predicted molar refractivity (Wildman–Crippen MR) is 89.1 cm³/mol. The quantitative estimate of drug-likeness (QED) is 0.733. The zero-order chi connectivity index (χ0) is 15.1. The van der Waals surface area contributed by atoms with Gasteiger partial charge in [0.15, 0.2) is 0 Å². The number of rotatable bonds is 5. The summed E-state index contributed by atoms with van der Waals surface area (Å²) in [4.78, 5) is 4.42. The lowest BCUT2D eigenvalue weighted by molar-refractivity contribution is 0.340. The lowest BCUT2D eigenvalue weighted by Crippen LogP contribution is -1.94. The second-order valence-corrected chi connectivity index (χ2v) is 5.03. The summed E-state index contributed by atoms with van der Waals surface area (Å²) in [6, 6.07) is 18.5. The molecule has 21 heavy (non-hydrogen) atoms. The minimum absolute atomic E-state index is 0.228. The average molecular weight is 279 g/mol. The molecule has 0 aliphatic rings. The molecule has 0 saturated carbocycles. The van der Waals surface area contributed by atoms with E-state index in [4.69, 9.17) is 4.74 Å². The third-order valence-corrected chi connectivity index (χ3v) is 2.95. The highest BCUT2D eigenvalue weighted by atomic mass is 16.5. The Kier molecular flexibility index (Phi) is 5.36. The summed E-state index contributed by atoms with van der Waals surface area (Å²) in [6.07, 6.45) is 0. The molecule has 2 heteroatoms. The van der Waals surface area contributed by atoms with Crippen LogP contribution in [0.15, 0.2) is 59.6 Å². The van der Waals surface area contributed by atoms with Gasteiger partial charge in [0.2, 0.25) is 0 Å². The van der Waals surface area contributed by atoms with Crippen molar-refractivity contribution in [3.05, 3.63) is 65.7 Å². The second kappa shape index (κ2) is 7.47. The molecule has 0 aromatic heterocycles. The zero-order valence-corrected chi connectivity index (χ0v) is 12.8. The van der Waals surface area contributed by atoms with Gasteiger partial charge in [0.1, 0.15) is 5.75 Å². The Morgan fingerprint density at radius 1 is 1.00 bits per heavy atom. The van der Waals surface area contributed by atoms with Crippen LogP contribution in [0.3, 0.4) is 0 Å². The molecule has 0 unspecified atom stereocenters. The van der Waals surface area contributed by atoms with E-state index in [1.54, 1.807) is 0 Å². The van der Waals surface area contributed by atoms with Crippen molar-refractivity contribution in [2.45, 2.75) is 26.8 Å². The molecule has 0 bridgehead atoms. The van der Waals surface area contributed by atoms with Gasteiger partial charge in [0.05, 0.1) is 18.2 Å². The molecule has 0 atom stereocenters. The fourth-order valence-corrected chi connectivity index (χ4v) is 1.98. The van der Waals surface area contributed by atoms with Crippen molar-refractivity contribution in [2.75, 3.05) is 6.61 Å². The molecular weight excluding hydrogens is 258 g/mol. The maximum atomic E-state index is 5.49. The van der Waals surface area contributed by atoms with Crippen LogP contribution in [0, 0.1) is 0 Å². The van der Waals surface area contributed by atoms with E-state index in [-0.39, 0.29) is 6.04 Å². The molecule has 0 N–H and O–H groups in total. The fraction of sp³-hybridized carbons (Fsp3) is 0.263. The van der Waals surface area contributed by atoms with E-state index >= 15 is 0 Å². The van der Waals surface area contributed by atoms with Crippen LogP contribution >= 0.6 is 0 Å². The predicted octanol–water partition coefficient (Wildman–Crippen LogP) is 4.60. The van der Waals surface area contributed by atoms with Crippen LogP contribution in [-0.4, -0.2) is 18.5 Å². The van der Waals surface area contributed by atoms with Gasteiger partial charge >= 0.3 is 0 Å². The van der Waals surface area contributed by atoms with Crippen LogP contribution in [0.2, 0.25) is 0 Å². The molecule has 108 valence electrons. The van der Waals surface area contributed by atoms with Gasteiger partial charge in [-0.25, -0.2) is 4.99 Å². The van der Waals surface area contributed by atoms with Gasteiger partial charge in [0.25, 0.3) is 0 Å². The van der Waals surface area contributed by atoms with Crippen molar-refractivity contribution in [1.82, 2.24) is 0 Å². The first kappa shape index (κ1) is 15.1. The Labute approximate surface area is 126 Å². The molecular formula is C19H21NO. The number of hydrogen-bond donors (Lipinski definition) is 0. The van der Waals surface area contributed by atoms with Crippen molar-refractivity contribution < 1.29 is 4.74 Å². The minimum Gasteiger partial charge on any atom is -0.494 e. The van der Waals surface area contributed by atoms with Crippen LogP contribution in [-0.2, 0) is 0 Å². The molecule has 2 aromatic carbocycles. The number of benzene rings is 2. The lowest BCUT2D eigenvalue weighted by Gasteiger charge is -2.07. The third-order valence-electron chi connectivity index (χ3n) is 2.95. The summed E-state index contributed by atoms with van der Waals surface area (Å²) in [7, 11) is 0. The third kappa shape index (κ3) is 4.34. The van der Waals surface area contributed by atoms with Crippen molar-refractivity contribution in [2.24, 2.45) is 4.99 Å². The molecule has 0 saturated heterocycles. The van der Waals surface area contributed by atoms with E-state index in [0.29, 0.717) is 6.61 Å². The van der Waals surface area contributed by atoms with Gasteiger partial charge in [-0.2, -0.15) is 0 Å². The lowest BCUT2D eigenvalue weighted by atomic mass is 9.99. The van der Waals surface area contributed by atoms with E-state index in [1.165, 1.54) is 0 Å². The van der Waals surface area contributed by atoms with E-state index < -0.39 is 0 Å². The van der Waals surface area contributed by atoms with Crippen LogP contribution in [0.25, 0.3) is 5.57 Å². The van der Waals surface area contributed by atoms with E-state index in [9.17, 15) is 0 Å². The van der Waals surface area contributed by atoms with Crippen molar-refractivity contribution in [3.63, 3.8) is 0 Å². The Morgan fingerprint density at radius 3 is 2.19 bits per heavy atom. The Morgan fingerprint density at radius 2 is 1.62 bits per heavy atom. The standard InChI is InChI=1S/C19H21NO/c1-4-21-18-12-10-17(11-13-18)19(14-20-15(2)3)16-8-6-5-7-9-16/h5-13,15H,4H2,1-3H3. The molecule has 2 aromatic rings. The average Bonchev–Trinajstić information content (AvgIpc) is 2.50. The normalized spacial score (nSPS) is 10.1. The van der Waals surface area contributed by atoms with Gasteiger partial charge < -0.3 is 4.74 Å². The summed E-state index contributed by atoms with van der Waals surface area (Å²) in [5, 5.41) is 0. The number of hydrogen-bond acceptors (Lipinski definition) is 2. The largest absolute Gasteiger partial charge is 0.494 e. The highest BCUT2D eigenvalue weighted by Gasteiger charge is 2.05. The van der Waals surface area contributed by atoms with Crippen molar-refractivity contribution in [3.8, 4) is 5.75 Å². The molecule has 2 rings (SSSR count). The number of ether oxygens (including phenoxy) is 1. The highest BCUT2D eigenvalue weighted by molar-refractivity contribution is 5.98. The maximum Gasteiger partial charge on any atom is 0.119 e. The van der Waals surface area contributed by atoms with Gasteiger partial charge in [-0.3, -0.25) is 0 Å². The van der Waals surface area contributed by atoms with Gasteiger partial charge in [-0.05, 0) is 62.0 Å². The van der Waals surface area contributed by atoms with Gasteiger partial charge in [0, 0.05) is 0 Å². The van der Waals surface area contributed by atoms with Gasteiger partial charge in [-0.1, -0.05) is 30.3 Å². The molecule has 0 spiro atoms. The van der Waals surface area contributed by atoms with E-state index in [1.807, 2.05) is 51.1 Å². The smallest absolute Gasteiger partial charge is 0.119 e. The van der Waals surface area contributed by atoms with Gasteiger partial charge in [-0.15, -0.1) is 0 Å². The highest BCUT2D eigenvalue weighted by Crippen LogP contribution is 2.23. The molecule has 0 amide bonds. The summed E-state index contributed by atoms with van der Waals surface area (Å²) in [5.74, 6) is 4.09. The number of aliphatic imine (C=N–C) groups is 1. The molecule has 0 aliphatic carbocycles. The van der Waals surface area contributed by atoms with E-state index in [0.717, 1.165) is 22.4 Å². The Hall–Kier alpha value is -2.31. The molecule has 0 aliphatic heterocycles. The molecule has 0 radical (unpaired) electrons. The summed E-state index contributed by atoms with van der Waals surface area (Å²) in [5.41, 5.74) is 3.22. The SMILES string of the molecule is CCOc1ccc(C(=C=NC(C)C)c2ccccc2)cc1. The molecule has 2 nitrogen and oxygen atoms in total. The Bertz CT molecular complexity index is 620. The molecule has 0 heterocycles. The van der Waals surface area contributed by atoms with Crippen molar-refractivity contribution >= 4 is 11.4 Å². The Balaban J connectivity index is 2.43. The monoisotopic (exact) mass is 279 g/mol. The summed E-state index contributed by atoms with van der Waals surface area (Å²) >= 11 is 0. The zero-order valence-electron chi connectivity index (χ0n) is 12.8. The van der Waals surface area contributed by atoms with Crippen molar-refractivity contribution in [1.29, 1.82) is 0 Å².